The second-order valence-corrected chi connectivity index (χ2v) is 3.76. The minimum atomic E-state index is 0. The molecule has 2 radical (unpaired) electrons. The van der Waals surface area contributed by atoms with E-state index in [0.29, 0.717) is 0 Å². The van der Waals surface area contributed by atoms with Crippen molar-refractivity contribution in [3.05, 3.63) is 23.3 Å². The van der Waals surface area contributed by atoms with E-state index in [-0.39, 0.29) is 51.0 Å². The molecule has 0 bridgehead atoms. The second-order valence-electron chi connectivity index (χ2n) is 2.60. The molecule has 4 heteroatoms. The number of hydrogen-bond donors (Lipinski definition) is 0. The molecule has 0 saturated heterocycles. The Kier molecular flexibility index (Phi) is 28.6. The standard InChI is InChI=1S/C7H9.C2H7Si.2ClH.Zr/c1-6-3-4-7(2)5-6;1-3-2;;;/h5H,3H2,1-2H3;3H,1-2H3;2*1H;/q-1;;;;+3/p-2. The van der Waals surface area contributed by atoms with Gasteiger partial charge in [0, 0.05) is 9.52 Å². The molecule has 0 aromatic rings. The van der Waals surface area contributed by atoms with Crippen LogP contribution in [0.1, 0.15) is 20.3 Å². The largest absolute Gasteiger partial charge is 3.00 e. The zero-order valence-electron chi connectivity index (χ0n) is 8.62. The van der Waals surface area contributed by atoms with E-state index < -0.39 is 0 Å². The van der Waals surface area contributed by atoms with Crippen LogP contribution < -0.4 is 24.8 Å². The van der Waals surface area contributed by atoms with Gasteiger partial charge in [-0.25, -0.2) is 11.6 Å². The summed E-state index contributed by atoms with van der Waals surface area (Å²) in [6.45, 7) is 8.63. The summed E-state index contributed by atoms with van der Waals surface area (Å²) >= 11 is 0. The van der Waals surface area contributed by atoms with Gasteiger partial charge in [-0.3, -0.25) is 6.08 Å². The molecular formula is C9H16Cl2SiZr. The Labute approximate surface area is 116 Å². The third-order valence-electron chi connectivity index (χ3n) is 1.11. The Morgan fingerprint density at radius 1 is 1.23 bits per heavy atom. The van der Waals surface area contributed by atoms with Crippen molar-refractivity contribution < 1.29 is 51.0 Å². The maximum absolute atomic E-state index is 3.19. The Morgan fingerprint density at radius 3 is 1.69 bits per heavy atom. The van der Waals surface area contributed by atoms with E-state index in [0.717, 1.165) is 15.9 Å². The molecule has 0 saturated carbocycles. The average Bonchev–Trinajstić information content (AvgIpc) is 2.17. The summed E-state index contributed by atoms with van der Waals surface area (Å²) < 4.78 is 0. The van der Waals surface area contributed by atoms with Crippen molar-refractivity contribution in [1.29, 1.82) is 0 Å². The molecule has 0 N–H and O–H groups in total. The van der Waals surface area contributed by atoms with Gasteiger partial charge in [0.1, 0.15) is 0 Å². The number of hydrogen-bond acceptors (Lipinski definition) is 0. The van der Waals surface area contributed by atoms with E-state index in [9.17, 15) is 0 Å². The fourth-order valence-corrected chi connectivity index (χ4v) is 0.751. The molecule has 0 atom stereocenters. The Morgan fingerprint density at radius 2 is 1.62 bits per heavy atom. The third-order valence-corrected chi connectivity index (χ3v) is 1.11. The van der Waals surface area contributed by atoms with Gasteiger partial charge in [0.2, 0.25) is 0 Å². The molecular weight excluding hydrogens is 298 g/mol. The van der Waals surface area contributed by atoms with Crippen LogP contribution in [0.2, 0.25) is 13.1 Å². The fraction of sp³-hybridized carbons (Fsp3) is 0.556. The van der Waals surface area contributed by atoms with Gasteiger partial charge in [-0.2, -0.15) is 5.57 Å². The van der Waals surface area contributed by atoms with E-state index in [1.165, 1.54) is 11.1 Å². The van der Waals surface area contributed by atoms with Gasteiger partial charge in [-0.05, 0) is 0 Å². The number of halogens is 2. The van der Waals surface area contributed by atoms with Crippen LogP contribution in [0.4, 0.5) is 0 Å². The molecule has 1 aliphatic carbocycles. The molecule has 0 aliphatic heterocycles. The van der Waals surface area contributed by atoms with Gasteiger partial charge in [0.05, 0.1) is 0 Å². The van der Waals surface area contributed by atoms with Crippen LogP contribution in [-0.2, 0) is 26.2 Å². The summed E-state index contributed by atoms with van der Waals surface area (Å²) in [7, 11) is 0.750. The molecule has 0 heterocycles. The smallest absolute Gasteiger partial charge is 1.00 e. The minimum absolute atomic E-state index is 0. The van der Waals surface area contributed by atoms with Gasteiger partial charge >= 0.3 is 26.2 Å². The van der Waals surface area contributed by atoms with Gasteiger partial charge in [-0.1, -0.05) is 26.9 Å². The van der Waals surface area contributed by atoms with Gasteiger partial charge < -0.3 is 24.8 Å². The normalized spacial score (nSPS) is 11.7. The fourth-order valence-electron chi connectivity index (χ4n) is 0.751. The summed E-state index contributed by atoms with van der Waals surface area (Å²) in [5, 5.41) is 0. The van der Waals surface area contributed by atoms with Crippen LogP contribution in [0, 0.1) is 6.08 Å². The molecule has 74 valence electrons. The summed E-state index contributed by atoms with van der Waals surface area (Å²) in [5.41, 5.74) is 2.72. The first-order valence-electron chi connectivity index (χ1n) is 3.69. The molecule has 1 rings (SSSR count). The molecule has 0 nitrogen and oxygen atoms in total. The van der Waals surface area contributed by atoms with Crippen molar-refractivity contribution in [1.82, 2.24) is 0 Å². The summed E-state index contributed by atoms with van der Waals surface area (Å²) in [6.07, 6.45) is 6.41. The molecule has 0 amide bonds. The topological polar surface area (TPSA) is 0 Å². The van der Waals surface area contributed by atoms with Crippen LogP contribution >= 0.6 is 0 Å². The summed E-state index contributed by atoms with van der Waals surface area (Å²) in [4.78, 5) is 0. The van der Waals surface area contributed by atoms with E-state index >= 15 is 0 Å². The first-order chi connectivity index (χ1) is 4.70. The maximum Gasteiger partial charge on any atom is 3.00 e. The number of allylic oxidation sites excluding steroid dienone is 4. The Balaban J connectivity index is -0.0000000615. The second kappa shape index (κ2) is 15.6. The SMILES string of the molecule is CC1=[C-]CC(C)=C1.C[SiH]C.[Cl-].[Cl-].[Zr+3]. The first-order valence-corrected chi connectivity index (χ1v) is 6.00. The van der Waals surface area contributed by atoms with E-state index in [4.69, 9.17) is 0 Å². The molecule has 1 aliphatic rings. The first kappa shape index (κ1) is 23.8. The van der Waals surface area contributed by atoms with Crippen LogP contribution in [0.15, 0.2) is 17.2 Å². The van der Waals surface area contributed by atoms with Crippen LogP contribution in [0.5, 0.6) is 0 Å². The Hall–Kier alpha value is 1.16. The van der Waals surface area contributed by atoms with Crippen molar-refractivity contribution in [2.75, 3.05) is 0 Å². The van der Waals surface area contributed by atoms with Crippen molar-refractivity contribution in [3.8, 4) is 0 Å². The predicted octanol–water partition coefficient (Wildman–Crippen LogP) is -3.39. The summed E-state index contributed by atoms with van der Waals surface area (Å²) in [6, 6.07) is 0. The minimum Gasteiger partial charge on any atom is -1.00 e. The molecule has 0 spiro atoms. The van der Waals surface area contributed by atoms with Gasteiger partial charge in [0.25, 0.3) is 0 Å². The van der Waals surface area contributed by atoms with E-state index in [1.807, 2.05) is 0 Å². The molecule has 0 aromatic carbocycles. The van der Waals surface area contributed by atoms with Crippen LogP contribution in [0.3, 0.4) is 0 Å². The molecule has 13 heavy (non-hydrogen) atoms. The van der Waals surface area contributed by atoms with E-state index in [2.05, 4.69) is 39.1 Å². The molecule has 0 unspecified atom stereocenters. The zero-order valence-corrected chi connectivity index (χ0v) is 13.7. The van der Waals surface area contributed by atoms with Crippen LogP contribution in [-0.4, -0.2) is 9.52 Å². The quantitative estimate of drug-likeness (QED) is 0.323. The average molecular weight is 314 g/mol. The zero-order chi connectivity index (χ0) is 7.98. The van der Waals surface area contributed by atoms with Gasteiger partial charge in [-0.15, -0.1) is 6.42 Å². The van der Waals surface area contributed by atoms with Crippen molar-refractivity contribution in [3.63, 3.8) is 0 Å². The molecule has 0 aromatic heterocycles. The monoisotopic (exact) mass is 312 g/mol. The third kappa shape index (κ3) is 15.9. The van der Waals surface area contributed by atoms with Crippen molar-refractivity contribution >= 4 is 9.52 Å². The Bertz CT molecular complexity index is 156. The maximum atomic E-state index is 3.19. The summed E-state index contributed by atoms with van der Waals surface area (Å²) in [5.74, 6) is 0. The van der Waals surface area contributed by atoms with Crippen molar-refractivity contribution in [2.45, 2.75) is 33.4 Å². The van der Waals surface area contributed by atoms with E-state index in [1.54, 1.807) is 0 Å². The number of rotatable bonds is 0. The van der Waals surface area contributed by atoms with Crippen molar-refractivity contribution in [2.24, 2.45) is 0 Å². The predicted molar refractivity (Wildman–Crippen MR) is 49.7 cm³/mol. The molecule has 0 fully saturated rings. The van der Waals surface area contributed by atoms with Crippen LogP contribution in [0.25, 0.3) is 0 Å². The van der Waals surface area contributed by atoms with Gasteiger partial charge in [0.15, 0.2) is 0 Å².